The number of sulfonamides is 1. The highest BCUT2D eigenvalue weighted by Crippen LogP contribution is 2.18. The number of ether oxygens (including phenoxy) is 1. The van der Waals surface area contributed by atoms with E-state index in [1.54, 1.807) is 31.2 Å². The number of anilines is 2. The first-order valence-electron chi connectivity index (χ1n) is 11.1. The van der Waals surface area contributed by atoms with Gasteiger partial charge in [-0.25, -0.2) is 22.8 Å². The molecule has 3 N–H and O–H groups in total. The summed E-state index contributed by atoms with van der Waals surface area (Å²) in [6.07, 6.45) is 4.48. The summed E-state index contributed by atoms with van der Waals surface area (Å²) in [6, 6.07) is 11.8. The highest BCUT2D eigenvalue weighted by molar-refractivity contribution is 7.89. The molecule has 2 aromatic carbocycles. The van der Waals surface area contributed by atoms with Crippen molar-refractivity contribution >= 4 is 33.2 Å². The molecule has 1 aliphatic heterocycles. The molecule has 1 aromatic heterocycles. The van der Waals surface area contributed by atoms with Gasteiger partial charge in [-0.3, -0.25) is 9.59 Å². The van der Waals surface area contributed by atoms with Crippen LogP contribution in [0.15, 0.2) is 66.1 Å². The number of benzene rings is 2. The first-order chi connectivity index (χ1) is 16.8. The van der Waals surface area contributed by atoms with Crippen LogP contribution in [-0.2, 0) is 19.6 Å². The van der Waals surface area contributed by atoms with Crippen molar-refractivity contribution in [3.05, 3.63) is 66.7 Å². The molecule has 1 fully saturated rings. The summed E-state index contributed by atoms with van der Waals surface area (Å²) in [5.41, 5.74) is 1.39. The van der Waals surface area contributed by atoms with E-state index in [2.05, 4.69) is 25.4 Å². The van der Waals surface area contributed by atoms with Crippen LogP contribution in [0.3, 0.4) is 0 Å². The summed E-state index contributed by atoms with van der Waals surface area (Å²) in [5.74, 6) is -0.648. The Morgan fingerprint density at radius 3 is 2.37 bits per heavy atom. The molecular weight excluding hydrogens is 472 g/mol. The van der Waals surface area contributed by atoms with E-state index in [1.165, 1.54) is 41.6 Å². The zero-order valence-corrected chi connectivity index (χ0v) is 19.9. The van der Waals surface area contributed by atoms with Gasteiger partial charge in [0.05, 0.1) is 11.0 Å². The molecule has 12 heteroatoms. The van der Waals surface area contributed by atoms with Crippen LogP contribution < -0.4 is 15.4 Å². The quantitative estimate of drug-likeness (QED) is 0.410. The van der Waals surface area contributed by atoms with E-state index in [0.29, 0.717) is 23.5 Å². The van der Waals surface area contributed by atoms with Crippen molar-refractivity contribution in [1.29, 1.82) is 0 Å². The molecule has 11 nitrogen and oxygen atoms in total. The predicted molar refractivity (Wildman–Crippen MR) is 128 cm³/mol. The Kier molecular flexibility index (Phi) is 7.54. The maximum absolute atomic E-state index is 12.6. The average Bonchev–Trinajstić information content (AvgIpc) is 3.58. The van der Waals surface area contributed by atoms with Crippen molar-refractivity contribution in [3.8, 4) is 0 Å². The highest BCUT2D eigenvalue weighted by atomic mass is 32.2. The molecule has 0 saturated carbocycles. The van der Waals surface area contributed by atoms with Crippen LogP contribution in [0.1, 0.15) is 36.2 Å². The summed E-state index contributed by atoms with van der Waals surface area (Å²) >= 11 is 0. The topological polar surface area (TPSA) is 144 Å². The molecule has 0 bridgehead atoms. The third-order valence-electron chi connectivity index (χ3n) is 5.57. The SMILES string of the molecule is CC(C(=O)Nc1ccc(NC(=O)c2ccc(S(=O)(=O)NCC3CCCO3)cc2)cc1)n1cncn1. The van der Waals surface area contributed by atoms with Gasteiger partial charge in [0.2, 0.25) is 15.9 Å². The predicted octanol–water partition coefficient (Wildman–Crippen LogP) is 2.19. The minimum absolute atomic E-state index is 0.0762. The van der Waals surface area contributed by atoms with E-state index >= 15 is 0 Å². The van der Waals surface area contributed by atoms with Crippen LogP contribution in [-0.4, -0.2) is 54.3 Å². The molecule has 4 rings (SSSR count). The van der Waals surface area contributed by atoms with Crippen molar-refractivity contribution in [3.63, 3.8) is 0 Å². The molecular formula is C23H26N6O5S. The van der Waals surface area contributed by atoms with E-state index in [-0.39, 0.29) is 23.5 Å². The Balaban J connectivity index is 1.31. The largest absolute Gasteiger partial charge is 0.377 e. The van der Waals surface area contributed by atoms with Gasteiger partial charge < -0.3 is 15.4 Å². The number of amides is 2. The third-order valence-corrected chi connectivity index (χ3v) is 7.01. The minimum Gasteiger partial charge on any atom is -0.377 e. The Morgan fingerprint density at radius 1 is 1.09 bits per heavy atom. The monoisotopic (exact) mass is 498 g/mol. The number of aromatic nitrogens is 3. The Hall–Kier alpha value is -3.61. The van der Waals surface area contributed by atoms with E-state index in [0.717, 1.165) is 12.8 Å². The van der Waals surface area contributed by atoms with Gasteiger partial charge in [-0.15, -0.1) is 0 Å². The molecule has 0 spiro atoms. The van der Waals surface area contributed by atoms with Gasteiger partial charge in [-0.05, 0) is 68.3 Å². The number of nitrogens with one attached hydrogen (secondary N) is 3. The van der Waals surface area contributed by atoms with Gasteiger partial charge in [0, 0.05) is 30.1 Å². The van der Waals surface area contributed by atoms with Crippen molar-refractivity contribution in [1.82, 2.24) is 19.5 Å². The molecule has 3 aromatic rings. The number of hydrogen-bond donors (Lipinski definition) is 3. The zero-order chi connectivity index (χ0) is 24.8. The molecule has 2 atom stereocenters. The van der Waals surface area contributed by atoms with Crippen LogP contribution in [0, 0.1) is 0 Å². The summed E-state index contributed by atoms with van der Waals surface area (Å²) in [5, 5.41) is 9.48. The Bertz CT molecular complexity index is 1250. The lowest BCUT2D eigenvalue weighted by Gasteiger charge is -2.13. The number of carbonyl (C=O) groups excluding carboxylic acids is 2. The molecule has 2 amide bonds. The second kappa shape index (κ2) is 10.8. The summed E-state index contributed by atoms with van der Waals surface area (Å²) in [6.45, 7) is 2.58. The van der Waals surface area contributed by atoms with Crippen molar-refractivity contribution in [2.24, 2.45) is 0 Å². The third kappa shape index (κ3) is 6.29. The molecule has 2 unspecified atom stereocenters. The van der Waals surface area contributed by atoms with Crippen LogP contribution >= 0.6 is 0 Å². The number of rotatable bonds is 9. The average molecular weight is 499 g/mol. The van der Waals surface area contributed by atoms with Gasteiger partial charge in [0.15, 0.2) is 0 Å². The summed E-state index contributed by atoms with van der Waals surface area (Å²) < 4.78 is 34.4. The summed E-state index contributed by atoms with van der Waals surface area (Å²) in [7, 11) is -3.69. The second-order valence-corrected chi connectivity index (χ2v) is 9.85. The van der Waals surface area contributed by atoms with Crippen LogP contribution in [0.25, 0.3) is 0 Å². The molecule has 35 heavy (non-hydrogen) atoms. The minimum atomic E-state index is -3.69. The Morgan fingerprint density at radius 2 is 1.77 bits per heavy atom. The second-order valence-electron chi connectivity index (χ2n) is 8.08. The number of nitrogens with zero attached hydrogens (tertiary/aromatic N) is 3. The van der Waals surface area contributed by atoms with Gasteiger partial charge in [0.25, 0.3) is 5.91 Å². The van der Waals surface area contributed by atoms with Gasteiger partial charge >= 0.3 is 0 Å². The standard InChI is InChI=1S/C23H26N6O5S/c1-16(29-15-24-14-25-29)22(30)27-18-6-8-19(9-7-18)28-23(31)17-4-10-21(11-5-17)35(32,33)26-13-20-3-2-12-34-20/h4-11,14-16,20,26H,2-3,12-13H2,1H3,(H,27,30)(H,28,31). The van der Waals surface area contributed by atoms with Gasteiger partial charge in [0.1, 0.15) is 18.7 Å². The normalized spacial score (nSPS) is 16.5. The smallest absolute Gasteiger partial charge is 0.255 e. The number of carbonyl (C=O) groups is 2. The van der Waals surface area contributed by atoms with E-state index in [1.807, 2.05) is 0 Å². The first kappa shape index (κ1) is 24.5. The lowest BCUT2D eigenvalue weighted by molar-refractivity contribution is -0.119. The Labute approximate surface area is 202 Å². The van der Waals surface area contributed by atoms with Crippen LogP contribution in [0.2, 0.25) is 0 Å². The molecule has 1 saturated heterocycles. The summed E-state index contributed by atoms with van der Waals surface area (Å²) in [4.78, 5) is 28.8. The van der Waals surface area contributed by atoms with Crippen LogP contribution in [0.5, 0.6) is 0 Å². The molecule has 0 aliphatic carbocycles. The van der Waals surface area contributed by atoms with Crippen molar-refractivity contribution < 1.29 is 22.7 Å². The van der Waals surface area contributed by atoms with Crippen molar-refractivity contribution in [2.45, 2.75) is 36.8 Å². The fourth-order valence-electron chi connectivity index (χ4n) is 3.50. The van der Waals surface area contributed by atoms with Gasteiger partial charge in [-0.1, -0.05) is 0 Å². The van der Waals surface area contributed by atoms with Crippen LogP contribution in [0.4, 0.5) is 11.4 Å². The molecule has 2 heterocycles. The lowest BCUT2D eigenvalue weighted by atomic mass is 10.2. The highest BCUT2D eigenvalue weighted by Gasteiger charge is 2.21. The zero-order valence-electron chi connectivity index (χ0n) is 19.0. The maximum atomic E-state index is 12.6. The van der Waals surface area contributed by atoms with E-state index in [4.69, 9.17) is 4.74 Å². The molecule has 184 valence electrons. The fraction of sp³-hybridized carbons (Fsp3) is 0.304. The van der Waals surface area contributed by atoms with E-state index in [9.17, 15) is 18.0 Å². The number of hydrogen-bond acceptors (Lipinski definition) is 7. The lowest BCUT2D eigenvalue weighted by Crippen LogP contribution is -2.31. The fourth-order valence-corrected chi connectivity index (χ4v) is 4.57. The van der Waals surface area contributed by atoms with E-state index < -0.39 is 22.0 Å². The first-order valence-corrected chi connectivity index (χ1v) is 12.6. The van der Waals surface area contributed by atoms with Crippen molar-refractivity contribution in [2.75, 3.05) is 23.8 Å². The molecule has 0 radical (unpaired) electrons. The van der Waals surface area contributed by atoms with Gasteiger partial charge in [-0.2, -0.15) is 5.10 Å². The molecule has 1 aliphatic rings. The maximum Gasteiger partial charge on any atom is 0.255 e.